The smallest absolute Gasteiger partial charge is 0.190 e. The molecule has 0 aliphatic carbocycles. The minimum Gasteiger partial charge on any atom is -0.381 e. The summed E-state index contributed by atoms with van der Waals surface area (Å²) < 4.78 is 64.5. The third-order valence-corrected chi connectivity index (χ3v) is 13.5. The number of carbonyl (C=O) groups excluding carboxylic acids is 2. The molecule has 0 amide bonds. The van der Waals surface area contributed by atoms with Crippen LogP contribution in [0.4, 0.5) is 15.8 Å². The van der Waals surface area contributed by atoms with Gasteiger partial charge in [0, 0.05) is 16.4 Å². The predicted octanol–water partition coefficient (Wildman–Crippen LogP) is 7.11. The zero-order chi connectivity index (χ0) is 39.9. The van der Waals surface area contributed by atoms with Gasteiger partial charge in [0.25, 0.3) is 0 Å². The topological polar surface area (TPSA) is 152 Å². The molecule has 0 saturated carbocycles. The van der Waals surface area contributed by atoms with Crippen molar-refractivity contribution in [3.63, 3.8) is 0 Å². The van der Waals surface area contributed by atoms with Crippen LogP contribution in [0.5, 0.6) is 0 Å². The van der Waals surface area contributed by atoms with Crippen molar-refractivity contribution in [2.24, 2.45) is 0 Å². The summed E-state index contributed by atoms with van der Waals surface area (Å²) >= 11 is 3.74. The van der Waals surface area contributed by atoms with Gasteiger partial charge in [-0.2, -0.15) is 0 Å². The summed E-state index contributed by atoms with van der Waals surface area (Å²) in [5, 5.41) is 21.0. The van der Waals surface area contributed by atoms with E-state index >= 15 is 0 Å². The normalized spacial score (nSPS) is 13.6. The Balaban J connectivity index is 0.000000286. The maximum Gasteiger partial charge on any atom is 0.190 e. The third kappa shape index (κ3) is 12.0. The molecule has 0 aliphatic heterocycles. The first-order valence-electron chi connectivity index (χ1n) is 15.6. The van der Waals surface area contributed by atoms with E-state index in [1.807, 2.05) is 0 Å². The molecule has 0 bridgehead atoms. The second-order valence-corrected chi connectivity index (χ2v) is 19.1. The molecule has 2 N–H and O–H groups in total. The lowest BCUT2D eigenvalue weighted by molar-refractivity contribution is -0.133. The van der Waals surface area contributed by atoms with Crippen molar-refractivity contribution in [1.82, 2.24) is 0 Å². The van der Waals surface area contributed by atoms with Crippen LogP contribution in [0.15, 0.2) is 88.7 Å². The van der Waals surface area contributed by atoms with E-state index in [2.05, 4.69) is 32.3 Å². The molecular weight excluding hydrogens is 949 g/mol. The highest BCUT2D eigenvalue weighted by molar-refractivity contribution is 14.1. The van der Waals surface area contributed by atoms with E-state index in [4.69, 9.17) is 13.1 Å². The quantitative estimate of drug-likeness (QED) is 0.0867. The number of benzene rings is 4. The Morgan fingerprint density at radius 1 is 0.679 bits per heavy atom. The summed E-state index contributed by atoms with van der Waals surface area (Å²) in [7, 11) is -7.80. The van der Waals surface area contributed by atoms with Crippen molar-refractivity contribution in [1.29, 1.82) is 0 Å². The molecule has 2 unspecified atom stereocenters. The molecule has 0 radical (unpaired) electrons. The predicted molar refractivity (Wildman–Crippen MR) is 216 cm³/mol. The van der Waals surface area contributed by atoms with Gasteiger partial charge in [-0.25, -0.2) is 30.9 Å². The molecule has 0 fully saturated rings. The van der Waals surface area contributed by atoms with Crippen LogP contribution in [0.3, 0.4) is 0 Å². The first kappa shape index (κ1) is 43.8. The van der Waals surface area contributed by atoms with Crippen LogP contribution in [0.2, 0.25) is 0 Å². The average Bonchev–Trinajstić information content (AvgIpc) is 3.05. The molecule has 15 heteroatoms. The fourth-order valence-corrected chi connectivity index (χ4v) is 9.38. The first-order valence-corrected chi connectivity index (χ1v) is 21.1. The summed E-state index contributed by atoms with van der Waals surface area (Å²) in [5.41, 5.74) is -0.509. The third-order valence-electron chi connectivity index (χ3n) is 8.06. The van der Waals surface area contributed by atoms with E-state index in [0.717, 1.165) is 34.3 Å². The van der Waals surface area contributed by atoms with Gasteiger partial charge >= 0.3 is 0 Å². The van der Waals surface area contributed by atoms with Crippen LogP contribution < -0.4 is 0 Å². The summed E-state index contributed by atoms with van der Waals surface area (Å²) in [6.45, 7) is 19.9. The van der Waals surface area contributed by atoms with Gasteiger partial charge in [0.2, 0.25) is 0 Å². The molecule has 0 saturated heterocycles. The Morgan fingerprint density at radius 2 is 1.08 bits per heavy atom. The number of nitrogens with zero attached hydrogens (tertiary/aromatic N) is 2. The molecule has 0 spiro atoms. The zero-order valence-electron chi connectivity index (χ0n) is 29.0. The second-order valence-electron chi connectivity index (χ2n) is 12.8. The largest absolute Gasteiger partial charge is 0.381 e. The van der Waals surface area contributed by atoms with E-state index in [0.29, 0.717) is 28.1 Å². The lowest BCUT2D eigenvalue weighted by atomic mass is 9.96. The molecule has 2 atom stereocenters. The Labute approximate surface area is 336 Å². The van der Waals surface area contributed by atoms with Crippen molar-refractivity contribution in [2.75, 3.05) is 11.5 Å². The van der Waals surface area contributed by atoms with E-state index in [9.17, 15) is 41.0 Å². The van der Waals surface area contributed by atoms with Crippen molar-refractivity contribution >= 4 is 87.8 Å². The monoisotopic (exact) mass is 984 g/mol. The molecule has 4 aromatic rings. The number of sulfone groups is 2. The maximum absolute atomic E-state index is 13.4. The van der Waals surface area contributed by atoms with Gasteiger partial charge in [-0.1, -0.05) is 36.4 Å². The van der Waals surface area contributed by atoms with Crippen molar-refractivity contribution in [3.8, 4) is 0 Å². The summed E-state index contributed by atoms with van der Waals surface area (Å²) in [4.78, 5) is 31.6. The van der Waals surface area contributed by atoms with Crippen LogP contribution in [-0.2, 0) is 42.1 Å². The van der Waals surface area contributed by atoms with Crippen molar-refractivity contribution < 1.29 is 41.0 Å². The number of aryl methyl sites for hydroxylation is 2. The first-order chi connectivity index (χ1) is 24.5. The Kier molecular flexibility index (Phi) is 14.6. The molecule has 4 rings (SSSR count). The highest BCUT2D eigenvalue weighted by atomic mass is 127. The summed E-state index contributed by atoms with van der Waals surface area (Å²) in [5.74, 6) is -3.27. The minimum absolute atomic E-state index is 0.0724. The second kappa shape index (κ2) is 17.7. The number of hydrogen-bond acceptors (Lipinski definition) is 8. The molecule has 0 heterocycles. The average molecular weight is 985 g/mol. The highest BCUT2D eigenvalue weighted by Gasteiger charge is 2.37. The van der Waals surface area contributed by atoms with Gasteiger partial charge < -0.3 is 10.2 Å². The lowest BCUT2D eigenvalue weighted by Crippen LogP contribution is -2.43. The van der Waals surface area contributed by atoms with Crippen LogP contribution in [0.1, 0.15) is 36.1 Å². The lowest BCUT2D eigenvalue weighted by Gasteiger charge is -2.22. The number of carbonyl (C=O) groups is 2. The fourth-order valence-electron chi connectivity index (χ4n) is 5.04. The van der Waals surface area contributed by atoms with Crippen LogP contribution in [-0.4, -0.2) is 61.3 Å². The summed E-state index contributed by atoms with van der Waals surface area (Å²) in [6, 6.07) is 19.4. The molecule has 4 aromatic carbocycles. The number of Topliss-reactive ketones (excluding diaryl/α,β-unsaturated/α-hetero) is 2. The standard InChI is InChI=1S/C19H17FINO4S.C19H18INO4S/c1-12-8-13(4-7-17(12)22-3)9-18(23)19(2,24)11-27(25,26)14-5-6-15(20)16(21)10-14;1-13-10-14(4-9-17(13)21-3)11-18(22)19(2,23)12-26(24,25)16-7-5-15(20)6-8-16/h4-8,10,24H,9,11H2,1-2H3;4-10,23H,11-12H2,1-2H3. The Bertz CT molecular complexity index is 2350. The van der Waals surface area contributed by atoms with Gasteiger partial charge in [0.05, 0.1) is 38.0 Å². The van der Waals surface area contributed by atoms with Crippen molar-refractivity contribution in [2.45, 2.75) is 61.5 Å². The van der Waals surface area contributed by atoms with Crippen LogP contribution in [0, 0.1) is 39.9 Å². The van der Waals surface area contributed by atoms with Gasteiger partial charge in [0.1, 0.15) is 17.0 Å². The van der Waals surface area contributed by atoms with Crippen molar-refractivity contribution in [3.05, 3.63) is 137 Å². The molecular formula is C38H35FI2N2O8S2. The number of hydrogen-bond donors (Lipinski definition) is 2. The zero-order valence-corrected chi connectivity index (χ0v) is 35.0. The van der Waals surface area contributed by atoms with Gasteiger partial charge in [-0.3, -0.25) is 9.59 Å². The molecule has 278 valence electrons. The summed E-state index contributed by atoms with van der Waals surface area (Å²) in [6.07, 6.45) is -0.267. The van der Waals surface area contributed by atoms with Gasteiger partial charge in [-0.15, -0.1) is 0 Å². The Hall–Kier alpha value is -3.59. The SMILES string of the molecule is [C-]#[N+]c1ccc(CC(=O)C(C)(O)CS(=O)(=O)c2ccc(F)c(I)c2)cc1C.[C-]#[N+]c1ccc(CC(=O)C(C)(O)CS(=O)(=O)c2ccc(I)cc2)cc1C. The van der Waals surface area contributed by atoms with Gasteiger partial charge in [0.15, 0.2) is 42.6 Å². The molecule has 0 aromatic heterocycles. The number of halogens is 3. The van der Waals surface area contributed by atoms with E-state index in [1.54, 1.807) is 85.0 Å². The molecule has 0 aliphatic rings. The number of aliphatic hydroxyl groups is 2. The van der Waals surface area contributed by atoms with E-state index in [-0.39, 0.29) is 26.2 Å². The number of rotatable bonds is 12. The Morgan fingerprint density at radius 3 is 1.45 bits per heavy atom. The number of ketones is 2. The maximum atomic E-state index is 13.4. The molecule has 10 nitrogen and oxygen atoms in total. The van der Waals surface area contributed by atoms with Crippen LogP contribution in [0.25, 0.3) is 9.69 Å². The van der Waals surface area contributed by atoms with Crippen LogP contribution >= 0.6 is 45.2 Å². The minimum atomic E-state index is -4.00. The van der Waals surface area contributed by atoms with Gasteiger partial charge in [-0.05, 0) is 138 Å². The fraction of sp³-hybridized carbons (Fsp3) is 0.263. The van der Waals surface area contributed by atoms with E-state index in [1.165, 1.54) is 19.1 Å². The van der Waals surface area contributed by atoms with E-state index < -0.39 is 59.8 Å². The molecule has 53 heavy (non-hydrogen) atoms. The highest BCUT2D eigenvalue weighted by Crippen LogP contribution is 2.26.